The number of hydrogen-bond acceptors (Lipinski definition) is 3. The minimum atomic E-state index is 0.0311. The van der Waals surface area contributed by atoms with Crippen molar-refractivity contribution in [3.63, 3.8) is 0 Å². The molecule has 0 bridgehead atoms. The zero-order valence-corrected chi connectivity index (χ0v) is 16.1. The molecule has 2 aromatic heterocycles. The maximum absolute atomic E-state index is 12.3. The third kappa shape index (κ3) is 4.79. The van der Waals surface area contributed by atoms with E-state index in [1.54, 1.807) is 6.20 Å². The number of nitrogens with zero attached hydrogens (tertiary/aromatic N) is 4. The number of hydrogen-bond donors (Lipinski definition) is 1. The van der Waals surface area contributed by atoms with E-state index in [9.17, 15) is 4.79 Å². The summed E-state index contributed by atoms with van der Waals surface area (Å²) < 4.78 is 3.70. The van der Waals surface area contributed by atoms with Gasteiger partial charge in [-0.25, -0.2) is 4.68 Å². The molecular weight excluding hydrogens is 362 g/mol. The Kier molecular flexibility index (Phi) is 5.81. The van der Waals surface area contributed by atoms with Crippen LogP contribution in [-0.2, 0) is 17.9 Å². The van der Waals surface area contributed by atoms with E-state index in [2.05, 4.69) is 10.4 Å². The molecule has 1 N–H and O–H groups in total. The Labute approximate surface area is 169 Å². The van der Waals surface area contributed by atoms with Gasteiger partial charge in [-0.05, 0) is 24.6 Å². The lowest BCUT2D eigenvalue weighted by molar-refractivity contribution is -0.121. The third-order valence-corrected chi connectivity index (χ3v) is 4.68. The lowest BCUT2D eigenvalue weighted by Crippen LogP contribution is -2.23. The number of carbonyl (C=O) groups excluding carboxylic acids is 1. The molecule has 0 radical (unpaired) electrons. The number of benzene rings is 2. The Morgan fingerprint density at radius 2 is 1.72 bits per heavy atom. The molecule has 0 aliphatic heterocycles. The summed E-state index contributed by atoms with van der Waals surface area (Å²) >= 11 is 0. The summed E-state index contributed by atoms with van der Waals surface area (Å²) in [6.45, 7) is 1.18. The highest BCUT2D eigenvalue weighted by atomic mass is 16.1. The Morgan fingerprint density at radius 1 is 0.966 bits per heavy atom. The van der Waals surface area contributed by atoms with Crippen molar-refractivity contribution in [2.24, 2.45) is 0 Å². The van der Waals surface area contributed by atoms with Crippen LogP contribution in [0.15, 0.2) is 85.3 Å². The molecule has 1 amide bonds. The van der Waals surface area contributed by atoms with Gasteiger partial charge in [0.1, 0.15) is 0 Å². The lowest BCUT2D eigenvalue weighted by atomic mass is 10.1. The van der Waals surface area contributed by atoms with Crippen molar-refractivity contribution in [1.82, 2.24) is 24.9 Å². The molecule has 2 aromatic carbocycles. The molecule has 0 unspecified atom stereocenters. The molecule has 0 aliphatic rings. The van der Waals surface area contributed by atoms with Crippen LogP contribution in [-0.4, -0.2) is 25.5 Å². The molecule has 4 aromatic rings. The van der Waals surface area contributed by atoms with Crippen molar-refractivity contribution in [1.29, 1.82) is 0 Å². The molecular formula is C23H23N5O. The summed E-state index contributed by atoms with van der Waals surface area (Å²) in [5, 5.41) is 12.0. The van der Waals surface area contributed by atoms with Crippen LogP contribution in [0.5, 0.6) is 0 Å². The first-order chi connectivity index (χ1) is 14.3. The van der Waals surface area contributed by atoms with Gasteiger partial charge in [-0.15, -0.1) is 0 Å². The van der Waals surface area contributed by atoms with Gasteiger partial charge in [0.25, 0.3) is 0 Å². The fraction of sp³-hybridized carbons (Fsp3) is 0.174. The fourth-order valence-corrected chi connectivity index (χ4v) is 3.21. The normalized spacial score (nSPS) is 10.8. The van der Waals surface area contributed by atoms with Crippen LogP contribution in [0.1, 0.15) is 18.4 Å². The Hall–Kier alpha value is -3.67. The van der Waals surface area contributed by atoms with Crippen molar-refractivity contribution in [2.75, 3.05) is 0 Å². The van der Waals surface area contributed by atoms with E-state index in [1.807, 2.05) is 88.5 Å². The second kappa shape index (κ2) is 9.01. The Balaban J connectivity index is 1.45. The van der Waals surface area contributed by atoms with Crippen LogP contribution in [0.3, 0.4) is 0 Å². The molecule has 0 saturated carbocycles. The second-order valence-electron chi connectivity index (χ2n) is 6.80. The maximum Gasteiger partial charge on any atom is 0.220 e. The first-order valence-electron chi connectivity index (χ1n) is 9.73. The minimum absolute atomic E-state index is 0.0311. The molecule has 0 aliphatic carbocycles. The van der Waals surface area contributed by atoms with Crippen LogP contribution in [0.2, 0.25) is 0 Å². The lowest BCUT2D eigenvalue weighted by Gasteiger charge is -2.06. The zero-order valence-electron chi connectivity index (χ0n) is 16.1. The number of para-hydroxylation sites is 1. The molecule has 0 saturated heterocycles. The molecule has 0 atom stereocenters. The van der Waals surface area contributed by atoms with Gasteiger partial charge in [0.15, 0.2) is 0 Å². The predicted octanol–water partition coefficient (Wildman–Crippen LogP) is 3.83. The summed E-state index contributed by atoms with van der Waals surface area (Å²) in [4.78, 5) is 12.3. The molecule has 29 heavy (non-hydrogen) atoms. The van der Waals surface area contributed by atoms with E-state index in [1.165, 1.54) is 0 Å². The summed E-state index contributed by atoms with van der Waals surface area (Å²) in [5.41, 5.74) is 3.89. The average Bonchev–Trinajstić information content (AvgIpc) is 3.44. The van der Waals surface area contributed by atoms with Gasteiger partial charge in [0.2, 0.25) is 5.91 Å². The van der Waals surface area contributed by atoms with E-state index in [0.29, 0.717) is 13.0 Å². The number of amides is 1. The minimum Gasteiger partial charge on any atom is -0.352 e. The van der Waals surface area contributed by atoms with E-state index < -0.39 is 0 Å². The molecule has 0 fully saturated rings. The number of rotatable bonds is 8. The molecule has 4 rings (SSSR count). The smallest absolute Gasteiger partial charge is 0.220 e. The van der Waals surface area contributed by atoms with Gasteiger partial charge < -0.3 is 5.32 Å². The maximum atomic E-state index is 12.3. The van der Waals surface area contributed by atoms with Crippen molar-refractivity contribution >= 4 is 5.91 Å². The Bertz CT molecular complexity index is 1040. The van der Waals surface area contributed by atoms with E-state index in [4.69, 9.17) is 5.10 Å². The van der Waals surface area contributed by atoms with Crippen LogP contribution in [0.4, 0.5) is 0 Å². The summed E-state index contributed by atoms with van der Waals surface area (Å²) in [7, 11) is 0. The molecule has 6 nitrogen and oxygen atoms in total. The topological polar surface area (TPSA) is 64.7 Å². The predicted molar refractivity (Wildman–Crippen MR) is 112 cm³/mol. The number of nitrogens with one attached hydrogen (secondary N) is 1. The van der Waals surface area contributed by atoms with Gasteiger partial charge in [0.05, 0.1) is 11.4 Å². The first-order valence-corrected chi connectivity index (χ1v) is 9.73. The van der Waals surface area contributed by atoms with E-state index >= 15 is 0 Å². The van der Waals surface area contributed by atoms with Gasteiger partial charge in [-0.1, -0.05) is 48.5 Å². The van der Waals surface area contributed by atoms with Crippen molar-refractivity contribution < 1.29 is 4.79 Å². The summed E-state index contributed by atoms with van der Waals surface area (Å²) in [6, 6.07) is 21.9. The van der Waals surface area contributed by atoms with Crippen LogP contribution in [0.25, 0.3) is 16.9 Å². The van der Waals surface area contributed by atoms with Crippen molar-refractivity contribution in [3.05, 3.63) is 90.9 Å². The van der Waals surface area contributed by atoms with Crippen molar-refractivity contribution in [3.8, 4) is 16.9 Å². The van der Waals surface area contributed by atoms with E-state index in [-0.39, 0.29) is 5.91 Å². The van der Waals surface area contributed by atoms with E-state index in [0.717, 1.165) is 35.5 Å². The zero-order chi connectivity index (χ0) is 19.9. The third-order valence-electron chi connectivity index (χ3n) is 4.68. The number of carbonyl (C=O) groups is 1. The summed E-state index contributed by atoms with van der Waals surface area (Å²) in [6.07, 6.45) is 6.86. The molecule has 6 heteroatoms. The molecule has 146 valence electrons. The Morgan fingerprint density at radius 3 is 2.45 bits per heavy atom. The quantitative estimate of drug-likeness (QED) is 0.501. The highest BCUT2D eigenvalue weighted by Crippen LogP contribution is 2.23. The van der Waals surface area contributed by atoms with Crippen molar-refractivity contribution in [2.45, 2.75) is 25.9 Å². The molecule has 2 heterocycles. The van der Waals surface area contributed by atoms with Gasteiger partial charge in [0, 0.05) is 49.2 Å². The van der Waals surface area contributed by atoms with Crippen LogP contribution >= 0.6 is 0 Å². The SMILES string of the molecule is O=C(CCCn1cccn1)NCc1cn(-c2ccccc2)nc1-c1ccccc1. The summed E-state index contributed by atoms with van der Waals surface area (Å²) in [5.74, 6) is 0.0311. The highest BCUT2D eigenvalue weighted by Gasteiger charge is 2.13. The average molecular weight is 385 g/mol. The molecule has 0 spiro atoms. The second-order valence-corrected chi connectivity index (χ2v) is 6.80. The van der Waals surface area contributed by atoms with Crippen LogP contribution in [0, 0.1) is 0 Å². The monoisotopic (exact) mass is 385 g/mol. The van der Waals surface area contributed by atoms with Gasteiger partial charge >= 0.3 is 0 Å². The van der Waals surface area contributed by atoms with Gasteiger partial charge in [-0.3, -0.25) is 9.48 Å². The fourth-order valence-electron chi connectivity index (χ4n) is 3.21. The first kappa shape index (κ1) is 18.7. The standard InChI is InChI=1S/C23H23N5O/c29-22(13-7-15-27-16-8-14-25-27)24-17-20-18-28(21-11-5-2-6-12-21)26-23(20)19-9-3-1-4-10-19/h1-6,8-12,14,16,18H,7,13,15,17H2,(H,24,29). The number of aryl methyl sites for hydroxylation is 1. The van der Waals surface area contributed by atoms with Gasteiger partial charge in [-0.2, -0.15) is 10.2 Å². The number of aromatic nitrogens is 4. The largest absolute Gasteiger partial charge is 0.352 e. The van der Waals surface area contributed by atoms with Crippen LogP contribution < -0.4 is 5.32 Å². The highest BCUT2D eigenvalue weighted by molar-refractivity contribution is 5.76.